The van der Waals surface area contributed by atoms with Crippen molar-refractivity contribution in [1.82, 2.24) is 4.98 Å². The largest absolute Gasteiger partial charge is 0.429 e. The van der Waals surface area contributed by atoms with Gasteiger partial charge in [-0.3, -0.25) is 9.89 Å². The molecule has 0 atom stereocenters. The molecule has 0 amide bonds. The first-order chi connectivity index (χ1) is 5.86. The molecule has 4 heteroatoms. The van der Waals surface area contributed by atoms with Crippen molar-refractivity contribution in [2.45, 2.75) is 6.92 Å². The van der Waals surface area contributed by atoms with Gasteiger partial charge >= 0.3 is 6.01 Å². The van der Waals surface area contributed by atoms with Crippen molar-refractivity contribution in [3.63, 3.8) is 0 Å². The average Bonchev–Trinajstić information content (AvgIpc) is 2.54. The van der Waals surface area contributed by atoms with E-state index < -0.39 is 0 Å². The van der Waals surface area contributed by atoms with E-state index in [1.54, 1.807) is 12.4 Å². The number of aromatic nitrogens is 1. The summed E-state index contributed by atoms with van der Waals surface area (Å²) in [5.41, 5.74) is 0. The zero-order chi connectivity index (χ0) is 8.39. The molecule has 0 radical (unpaired) electrons. The van der Waals surface area contributed by atoms with Gasteiger partial charge in [0.15, 0.2) is 0 Å². The molecule has 62 valence electrons. The predicted molar refractivity (Wildman–Crippen MR) is 46.2 cm³/mol. The van der Waals surface area contributed by atoms with E-state index in [0.29, 0.717) is 12.7 Å². The molecule has 0 aliphatic carbocycles. The topological polar surface area (TPSA) is 41.6 Å². The van der Waals surface area contributed by atoms with Gasteiger partial charge in [-0.1, -0.05) is 0 Å². The van der Waals surface area contributed by atoms with Crippen molar-refractivity contribution in [3.8, 4) is 0 Å². The second kappa shape index (κ2) is 2.81. The Labute approximate surface area is 70.2 Å². The Balaban J connectivity index is 2.20. The van der Waals surface area contributed by atoms with Crippen LogP contribution in [0, 0.1) is 6.92 Å². The maximum atomic E-state index is 5.31. The molecule has 4 nitrogen and oxygen atoms in total. The number of nitrogens with zero attached hydrogens (tertiary/aromatic N) is 3. The molecule has 0 N–H and O–H groups in total. The smallest absolute Gasteiger partial charge is 0.303 e. The van der Waals surface area contributed by atoms with Crippen molar-refractivity contribution in [2.24, 2.45) is 4.99 Å². The average molecular weight is 163 g/mol. The molecule has 0 saturated carbocycles. The summed E-state index contributed by atoms with van der Waals surface area (Å²) in [5, 5.41) is 0. The van der Waals surface area contributed by atoms with Gasteiger partial charge in [0, 0.05) is 12.4 Å². The Hall–Kier alpha value is -1.58. The Bertz CT molecular complexity index is 327. The predicted octanol–water partition coefficient (Wildman–Crippen LogP) is 1.35. The van der Waals surface area contributed by atoms with E-state index in [9.17, 15) is 0 Å². The minimum absolute atomic E-state index is 0.580. The molecule has 2 heterocycles. The minimum Gasteiger partial charge on any atom is -0.429 e. The SMILES string of the molecule is Cc1cnc(N2C=CC=NC2)o1. The zero-order valence-corrected chi connectivity index (χ0v) is 6.77. The fourth-order valence-electron chi connectivity index (χ4n) is 0.985. The summed E-state index contributed by atoms with van der Waals surface area (Å²) in [7, 11) is 0. The summed E-state index contributed by atoms with van der Waals surface area (Å²) in [4.78, 5) is 9.97. The molecule has 0 fully saturated rings. The van der Waals surface area contributed by atoms with Crippen LogP contribution in [0.2, 0.25) is 0 Å². The summed E-state index contributed by atoms with van der Waals surface area (Å²) < 4.78 is 5.31. The van der Waals surface area contributed by atoms with Gasteiger partial charge in [-0.25, -0.2) is 4.98 Å². The second-order valence-corrected chi connectivity index (χ2v) is 2.54. The molecule has 0 saturated heterocycles. The van der Waals surface area contributed by atoms with E-state index in [1.165, 1.54) is 0 Å². The number of allylic oxidation sites excluding steroid dienone is 1. The molecule has 0 bridgehead atoms. The van der Waals surface area contributed by atoms with Crippen LogP contribution >= 0.6 is 0 Å². The van der Waals surface area contributed by atoms with Crippen molar-refractivity contribution in [2.75, 3.05) is 11.6 Å². The summed E-state index contributed by atoms with van der Waals surface area (Å²) in [6.07, 6.45) is 7.19. The maximum absolute atomic E-state index is 5.31. The summed E-state index contributed by atoms with van der Waals surface area (Å²) >= 11 is 0. The van der Waals surface area contributed by atoms with E-state index in [4.69, 9.17) is 4.42 Å². The molecule has 0 aromatic carbocycles. The van der Waals surface area contributed by atoms with Crippen molar-refractivity contribution < 1.29 is 4.42 Å². The maximum Gasteiger partial charge on any atom is 0.303 e. The lowest BCUT2D eigenvalue weighted by Gasteiger charge is -2.14. The molecule has 1 aliphatic rings. The third kappa shape index (κ3) is 1.23. The Morgan fingerprint density at radius 3 is 3.08 bits per heavy atom. The van der Waals surface area contributed by atoms with E-state index in [0.717, 1.165) is 5.76 Å². The van der Waals surface area contributed by atoms with Gasteiger partial charge < -0.3 is 4.42 Å². The zero-order valence-electron chi connectivity index (χ0n) is 6.77. The van der Waals surface area contributed by atoms with Crippen LogP contribution in [0.4, 0.5) is 6.01 Å². The Morgan fingerprint density at radius 2 is 2.50 bits per heavy atom. The lowest BCUT2D eigenvalue weighted by atomic mass is 10.5. The van der Waals surface area contributed by atoms with Crippen LogP contribution < -0.4 is 4.90 Å². The fourth-order valence-corrected chi connectivity index (χ4v) is 0.985. The van der Waals surface area contributed by atoms with Gasteiger partial charge in [0.05, 0.1) is 6.20 Å². The molecule has 1 aromatic heterocycles. The van der Waals surface area contributed by atoms with Crippen molar-refractivity contribution >= 4 is 12.2 Å². The van der Waals surface area contributed by atoms with Gasteiger partial charge in [0.1, 0.15) is 12.4 Å². The molecule has 2 rings (SSSR count). The monoisotopic (exact) mass is 163 g/mol. The number of hydrogen-bond donors (Lipinski definition) is 0. The highest BCUT2D eigenvalue weighted by Gasteiger charge is 2.08. The molecular weight excluding hydrogens is 154 g/mol. The number of hydrogen-bond acceptors (Lipinski definition) is 4. The van der Waals surface area contributed by atoms with E-state index in [1.807, 2.05) is 24.1 Å². The van der Waals surface area contributed by atoms with Crippen molar-refractivity contribution in [3.05, 3.63) is 24.2 Å². The normalized spacial score (nSPS) is 15.6. The number of rotatable bonds is 1. The summed E-state index contributed by atoms with van der Waals surface area (Å²) in [5.74, 6) is 0.813. The van der Waals surface area contributed by atoms with Crippen LogP contribution in [-0.4, -0.2) is 17.9 Å². The Morgan fingerprint density at radius 1 is 1.58 bits per heavy atom. The second-order valence-electron chi connectivity index (χ2n) is 2.54. The molecule has 12 heavy (non-hydrogen) atoms. The van der Waals surface area contributed by atoms with Crippen LogP contribution in [0.15, 0.2) is 27.9 Å². The number of aryl methyl sites for hydroxylation is 1. The first-order valence-corrected chi connectivity index (χ1v) is 3.72. The van der Waals surface area contributed by atoms with E-state index >= 15 is 0 Å². The minimum atomic E-state index is 0.580. The van der Waals surface area contributed by atoms with Gasteiger partial charge in [-0.2, -0.15) is 0 Å². The lowest BCUT2D eigenvalue weighted by molar-refractivity contribution is 0.524. The first-order valence-electron chi connectivity index (χ1n) is 3.72. The quantitative estimate of drug-likeness (QED) is 0.627. The highest BCUT2D eigenvalue weighted by atomic mass is 16.4. The number of oxazole rings is 1. The lowest BCUT2D eigenvalue weighted by Crippen LogP contribution is -2.18. The van der Waals surface area contributed by atoms with Gasteiger partial charge in [0.2, 0.25) is 0 Å². The standard InChI is InChI=1S/C8H9N3O/c1-7-5-10-8(12-7)11-4-2-3-9-6-11/h2-5H,6H2,1H3. The third-order valence-corrected chi connectivity index (χ3v) is 1.55. The molecule has 1 aromatic rings. The first kappa shape index (κ1) is 7.09. The highest BCUT2D eigenvalue weighted by molar-refractivity contribution is 5.73. The molecular formula is C8H9N3O. The van der Waals surface area contributed by atoms with Gasteiger partial charge in [-0.15, -0.1) is 0 Å². The van der Waals surface area contributed by atoms with Crippen LogP contribution in [0.25, 0.3) is 0 Å². The van der Waals surface area contributed by atoms with E-state index in [-0.39, 0.29) is 0 Å². The highest BCUT2D eigenvalue weighted by Crippen LogP contribution is 2.14. The van der Waals surface area contributed by atoms with Gasteiger partial charge in [0.25, 0.3) is 0 Å². The van der Waals surface area contributed by atoms with Crippen molar-refractivity contribution in [1.29, 1.82) is 0 Å². The molecule has 0 unspecified atom stereocenters. The van der Waals surface area contributed by atoms with Gasteiger partial charge in [-0.05, 0) is 13.0 Å². The summed E-state index contributed by atoms with van der Waals surface area (Å²) in [6.45, 7) is 2.45. The Kier molecular flexibility index (Phi) is 1.66. The van der Waals surface area contributed by atoms with Crippen LogP contribution in [-0.2, 0) is 0 Å². The fraction of sp³-hybridized carbons (Fsp3) is 0.250. The van der Waals surface area contributed by atoms with Crippen LogP contribution in [0.5, 0.6) is 0 Å². The third-order valence-electron chi connectivity index (χ3n) is 1.55. The molecule has 0 spiro atoms. The number of anilines is 1. The van der Waals surface area contributed by atoms with Crippen LogP contribution in [0.3, 0.4) is 0 Å². The number of aliphatic imine (C=N–C) groups is 1. The van der Waals surface area contributed by atoms with Crippen LogP contribution in [0.1, 0.15) is 5.76 Å². The summed E-state index contributed by atoms with van der Waals surface area (Å²) in [6, 6.07) is 0.598. The van der Waals surface area contributed by atoms with E-state index in [2.05, 4.69) is 9.98 Å². The molecule has 1 aliphatic heterocycles.